The molecule has 0 aliphatic rings. The summed E-state index contributed by atoms with van der Waals surface area (Å²) in [6, 6.07) is 77.8. The van der Waals surface area contributed by atoms with Crippen LogP contribution in [-0.4, -0.2) is 0 Å². The maximum atomic E-state index is 2.39. The first-order valence-corrected chi connectivity index (χ1v) is 20.0. The highest BCUT2D eigenvalue weighted by Crippen LogP contribution is 2.41. The van der Waals surface area contributed by atoms with E-state index in [1.807, 2.05) is 11.3 Å². The second kappa shape index (κ2) is 13.4. The quantitative estimate of drug-likeness (QED) is 0.154. The van der Waals surface area contributed by atoms with Gasteiger partial charge in [0.05, 0.1) is 0 Å². The summed E-state index contributed by atoms with van der Waals surface area (Å²) >= 11 is 1.87. The normalized spacial score (nSPS) is 11.6. The number of hydrogen-bond donors (Lipinski definition) is 0. The second-order valence-corrected chi connectivity index (χ2v) is 15.7. The third kappa shape index (κ3) is 5.71. The van der Waals surface area contributed by atoms with Crippen molar-refractivity contribution >= 4 is 80.9 Å². The molecule has 0 saturated carbocycles. The van der Waals surface area contributed by atoms with E-state index in [9.17, 15) is 0 Å². The highest BCUT2D eigenvalue weighted by molar-refractivity contribution is 7.25. The predicted molar refractivity (Wildman–Crippen MR) is 243 cm³/mol. The van der Waals surface area contributed by atoms with Crippen LogP contribution in [-0.2, 0) is 0 Å². The molecule has 2 heteroatoms. The fourth-order valence-corrected chi connectivity index (χ4v) is 9.51. The first-order chi connectivity index (χ1) is 27.7. The fourth-order valence-electron chi connectivity index (χ4n) is 8.37. The van der Waals surface area contributed by atoms with Crippen LogP contribution in [0.15, 0.2) is 212 Å². The van der Waals surface area contributed by atoms with E-state index in [-0.39, 0.29) is 0 Å². The predicted octanol–water partition coefficient (Wildman–Crippen LogP) is 16.0. The Bertz CT molecular complexity index is 3260. The van der Waals surface area contributed by atoms with Gasteiger partial charge in [0, 0.05) is 37.2 Å². The van der Waals surface area contributed by atoms with Crippen molar-refractivity contribution in [3.05, 3.63) is 212 Å². The molecule has 0 aliphatic heterocycles. The van der Waals surface area contributed by atoms with Gasteiger partial charge in [-0.3, -0.25) is 0 Å². The molecule has 1 heterocycles. The topological polar surface area (TPSA) is 3.24 Å². The largest absolute Gasteiger partial charge is 0.310 e. The van der Waals surface area contributed by atoms with Gasteiger partial charge in [-0.1, -0.05) is 152 Å². The molecule has 0 N–H and O–H groups in total. The number of nitrogens with zero attached hydrogens (tertiary/aromatic N) is 1. The standard InChI is InChI=1S/C54H35NS/c1-2-11-39-31-43(21-19-36(39)9-1)37-23-26-46(27-24-37)55(48-28-30-50-45(34-48)22-20-38-10-3-4-16-49(38)50)47-15-8-14-42(33-47)40-12-7-13-41(32-40)44-25-29-52-51-17-5-6-18-53(51)56-54(52)35-44/h1-35H. The van der Waals surface area contributed by atoms with Crippen LogP contribution >= 0.6 is 11.3 Å². The lowest BCUT2D eigenvalue weighted by Gasteiger charge is -2.27. The van der Waals surface area contributed by atoms with E-state index in [1.165, 1.54) is 85.9 Å². The maximum Gasteiger partial charge on any atom is 0.0468 e. The Kier molecular flexibility index (Phi) is 7.75. The van der Waals surface area contributed by atoms with Crippen LogP contribution in [0.2, 0.25) is 0 Å². The summed E-state index contributed by atoms with van der Waals surface area (Å²) in [6.45, 7) is 0. The van der Waals surface area contributed by atoms with Gasteiger partial charge < -0.3 is 4.90 Å². The molecule has 1 aromatic heterocycles. The van der Waals surface area contributed by atoms with Crippen molar-refractivity contribution in [2.45, 2.75) is 0 Å². The zero-order valence-corrected chi connectivity index (χ0v) is 31.4. The van der Waals surface area contributed by atoms with E-state index in [0.29, 0.717) is 0 Å². The summed E-state index contributed by atoms with van der Waals surface area (Å²) < 4.78 is 2.65. The zero-order valence-electron chi connectivity index (χ0n) is 30.6. The Morgan fingerprint density at radius 3 is 1.64 bits per heavy atom. The summed E-state index contributed by atoms with van der Waals surface area (Å²) in [5.74, 6) is 0. The average Bonchev–Trinajstić information content (AvgIpc) is 3.65. The number of hydrogen-bond acceptors (Lipinski definition) is 2. The van der Waals surface area contributed by atoms with Crippen molar-refractivity contribution in [3.8, 4) is 33.4 Å². The van der Waals surface area contributed by atoms with E-state index >= 15 is 0 Å². The van der Waals surface area contributed by atoms with Crippen molar-refractivity contribution < 1.29 is 0 Å². The molecule has 0 unspecified atom stereocenters. The summed E-state index contributed by atoms with van der Waals surface area (Å²) in [5.41, 5.74) is 10.6. The molecule has 0 spiro atoms. The first-order valence-electron chi connectivity index (χ1n) is 19.2. The Morgan fingerprint density at radius 1 is 0.250 bits per heavy atom. The van der Waals surface area contributed by atoms with Gasteiger partial charge in [0.15, 0.2) is 0 Å². The summed E-state index contributed by atoms with van der Waals surface area (Å²) in [6.07, 6.45) is 0. The van der Waals surface area contributed by atoms with Gasteiger partial charge in [-0.15, -0.1) is 11.3 Å². The monoisotopic (exact) mass is 729 g/mol. The Morgan fingerprint density at radius 2 is 0.786 bits per heavy atom. The van der Waals surface area contributed by atoms with Crippen LogP contribution in [0.1, 0.15) is 0 Å². The van der Waals surface area contributed by atoms with Gasteiger partial charge in [0.2, 0.25) is 0 Å². The van der Waals surface area contributed by atoms with E-state index in [1.54, 1.807) is 0 Å². The Hall–Kier alpha value is -7.00. The minimum absolute atomic E-state index is 1.11. The maximum absolute atomic E-state index is 2.39. The molecule has 0 amide bonds. The Labute approximate surface area is 330 Å². The lowest BCUT2D eigenvalue weighted by atomic mass is 9.97. The molecule has 262 valence electrons. The number of fused-ring (bicyclic) bond motifs is 7. The van der Waals surface area contributed by atoms with Crippen LogP contribution in [0.25, 0.3) is 85.9 Å². The van der Waals surface area contributed by atoms with Crippen LogP contribution in [0.4, 0.5) is 17.1 Å². The third-order valence-corrected chi connectivity index (χ3v) is 12.3. The van der Waals surface area contributed by atoms with Crippen molar-refractivity contribution in [1.29, 1.82) is 0 Å². The van der Waals surface area contributed by atoms with Gasteiger partial charge in [0.1, 0.15) is 0 Å². The second-order valence-electron chi connectivity index (χ2n) is 14.6. The summed E-state index contributed by atoms with van der Waals surface area (Å²) in [4.78, 5) is 2.39. The van der Waals surface area contributed by atoms with Gasteiger partial charge >= 0.3 is 0 Å². The van der Waals surface area contributed by atoms with E-state index < -0.39 is 0 Å². The van der Waals surface area contributed by atoms with Gasteiger partial charge in [0.25, 0.3) is 0 Å². The number of benzene rings is 10. The lowest BCUT2D eigenvalue weighted by molar-refractivity contribution is 1.29. The summed E-state index contributed by atoms with van der Waals surface area (Å²) in [7, 11) is 0. The van der Waals surface area contributed by atoms with Crippen LogP contribution < -0.4 is 4.90 Å². The van der Waals surface area contributed by atoms with Crippen molar-refractivity contribution in [2.24, 2.45) is 0 Å². The third-order valence-electron chi connectivity index (χ3n) is 11.2. The zero-order chi connectivity index (χ0) is 37.0. The molecule has 1 nitrogen and oxygen atoms in total. The van der Waals surface area contributed by atoms with Crippen LogP contribution in [0.5, 0.6) is 0 Å². The van der Waals surface area contributed by atoms with Gasteiger partial charge in [-0.2, -0.15) is 0 Å². The van der Waals surface area contributed by atoms with E-state index in [4.69, 9.17) is 0 Å². The highest BCUT2D eigenvalue weighted by atomic mass is 32.1. The average molecular weight is 730 g/mol. The number of rotatable bonds is 6. The molecular weight excluding hydrogens is 695 g/mol. The molecule has 0 aliphatic carbocycles. The van der Waals surface area contributed by atoms with Crippen LogP contribution in [0.3, 0.4) is 0 Å². The lowest BCUT2D eigenvalue weighted by Crippen LogP contribution is -2.10. The molecule has 0 radical (unpaired) electrons. The van der Waals surface area contributed by atoms with Crippen molar-refractivity contribution in [1.82, 2.24) is 0 Å². The molecule has 0 fully saturated rings. The highest BCUT2D eigenvalue weighted by Gasteiger charge is 2.16. The molecule has 56 heavy (non-hydrogen) atoms. The molecule has 0 atom stereocenters. The number of thiophene rings is 1. The summed E-state index contributed by atoms with van der Waals surface area (Å²) in [5, 5.41) is 10.2. The van der Waals surface area contributed by atoms with Crippen molar-refractivity contribution in [3.63, 3.8) is 0 Å². The minimum Gasteiger partial charge on any atom is -0.310 e. The molecule has 11 rings (SSSR count). The molecule has 10 aromatic carbocycles. The molecular formula is C54H35NS. The van der Waals surface area contributed by atoms with E-state index in [0.717, 1.165) is 17.1 Å². The molecule has 11 aromatic rings. The minimum atomic E-state index is 1.11. The molecule has 0 saturated heterocycles. The van der Waals surface area contributed by atoms with Crippen molar-refractivity contribution in [2.75, 3.05) is 4.90 Å². The van der Waals surface area contributed by atoms with Gasteiger partial charge in [-0.25, -0.2) is 0 Å². The van der Waals surface area contributed by atoms with Crippen LogP contribution in [0, 0.1) is 0 Å². The van der Waals surface area contributed by atoms with Gasteiger partial charge in [-0.05, 0) is 126 Å². The smallest absolute Gasteiger partial charge is 0.0468 e. The molecule has 0 bridgehead atoms. The first kappa shape index (κ1) is 32.4. The SMILES string of the molecule is c1cc(-c2cccc(N(c3ccc(-c4ccc5ccccc5c4)cc3)c3ccc4c(ccc5ccccc54)c3)c2)cc(-c2ccc3c(c2)sc2ccccc23)c1. The fraction of sp³-hybridized carbons (Fsp3) is 0. The Balaban J connectivity index is 1.00. The number of anilines is 3. The van der Waals surface area contributed by atoms with E-state index in [2.05, 4.69) is 217 Å².